The van der Waals surface area contributed by atoms with Crippen LogP contribution in [0, 0.1) is 5.92 Å². The highest BCUT2D eigenvalue weighted by Gasteiger charge is 2.30. The molecule has 1 aromatic rings. The number of amides is 1. The second-order valence-corrected chi connectivity index (χ2v) is 10.0. The standard InChI is InChI=1S/C19H30N2O4S2/c1-4-25-17-8-7-16(20-19(22)14-26-12-9-15(2)3)13-18(17)27(23,24)21-10-5-6-11-21/h7-8,13,15H,4-6,9-12,14H2,1-3H3,(H,20,22). The van der Waals surface area contributed by atoms with E-state index >= 15 is 0 Å². The normalized spacial score (nSPS) is 15.3. The van der Waals surface area contributed by atoms with Crippen molar-refractivity contribution in [1.82, 2.24) is 4.31 Å². The first-order chi connectivity index (χ1) is 12.8. The minimum absolute atomic E-state index is 0.122. The first-order valence-electron chi connectivity index (χ1n) is 9.49. The Labute approximate surface area is 167 Å². The summed E-state index contributed by atoms with van der Waals surface area (Å²) in [5, 5.41) is 2.80. The Morgan fingerprint density at radius 1 is 1.30 bits per heavy atom. The van der Waals surface area contributed by atoms with Gasteiger partial charge in [-0.05, 0) is 56.1 Å². The molecule has 152 valence electrons. The number of anilines is 1. The number of sulfonamides is 1. The molecule has 1 aromatic carbocycles. The molecule has 1 fully saturated rings. The fraction of sp³-hybridized carbons (Fsp3) is 0.632. The van der Waals surface area contributed by atoms with Crippen molar-refractivity contribution in [3.8, 4) is 5.75 Å². The van der Waals surface area contributed by atoms with Crippen LogP contribution in [0.25, 0.3) is 0 Å². The maximum absolute atomic E-state index is 13.0. The van der Waals surface area contributed by atoms with Gasteiger partial charge in [-0.25, -0.2) is 8.42 Å². The molecule has 0 radical (unpaired) electrons. The summed E-state index contributed by atoms with van der Waals surface area (Å²) >= 11 is 1.59. The lowest BCUT2D eigenvalue weighted by atomic mass is 10.2. The molecular weight excluding hydrogens is 384 g/mol. The second-order valence-electron chi connectivity index (χ2n) is 6.99. The van der Waals surface area contributed by atoms with E-state index in [0.717, 1.165) is 25.0 Å². The zero-order valence-corrected chi connectivity index (χ0v) is 18.0. The van der Waals surface area contributed by atoms with Crippen molar-refractivity contribution in [3.63, 3.8) is 0 Å². The second kappa shape index (κ2) is 10.3. The van der Waals surface area contributed by atoms with E-state index in [4.69, 9.17) is 4.74 Å². The van der Waals surface area contributed by atoms with Crippen molar-refractivity contribution >= 4 is 33.4 Å². The number of hydrogen-bond donors (Lipinski definition) is 1. The third kappa shape index (κ3) is 6.40. The van der Waals surface area contributed by atoms with Crippen LogP contribution in [0.3, 0.4) is 0 Å². The summed E-state index contributed by atoms with van der Waals surface area (Å²) in [5.41, 5.74) is 0.477. The van der Waals surface area contributed by atoms with Crippen LogP contribution >= 0.6 is 11.8 Å². The van der Waals surface area contributed by atoms with Gasteiger partial charge in [0.15, 0.2) is 0 Å². The van der Waals surface area contributed by atoms with Gasteiger partial charge < -0.3 is 10.1 Å². The van der Waals surface area contributed by atoms with Gasteiger partial charge in [0.05, 0.1) is 12.4 Å². The lowest BCUT2D eigenvalue weighted by Crippen LogP contribution is -2.28. The third-order valence-corrected chi connectivity index (χ3v) is 7.19. The van der Waals surface area contributed by atoms with E-state index in [1.807, 2.05) is 6.92 Å². The summed E-state index contributed by atoms with van der Waals surface area (Å²) in [7, 11) is -3.63. The molecule has 2 rings (SSSR count). The SMILES string of the molecule is CCOc1ccc(NC(=O)CSCCC(C)C)cc1S(=O)(=O)N1CCCC1. The quantitative estimate of drug-likeness (QED) is 0.592. The van der Waals surface area contributed by atoms with E-state index in [9.17, 15) is 13.2 Å². The first kappa shape index (κ1) is 22.0. The number of carbonyl (C=O) groups excluding carboxylic acids is 1. The van der Waals surface area contributed by atoms with Gasteiger partial charge in [0.1, 0.15) is 10.6 Å². The Hall–Kier alpha value is -1.25. The summed E-state index contributed by atoms with van der Waals surface area (Å²) in [6.07, 6.45) is 2.81. The molecule has 1 aliphatic heterocycles. The van der Waals surface area contributed by atoms with E-state index in [1.54, 1.807) is 23.9 Å². The molecule has 0 saturated carbocycles. The highest BCUT2D eigenvalue weighted by atomic mass is 32.2. The minimum atomic E-state index is -3.63. The topological polar surface area (TPSA) is 75.7 Å². The zero-order chi connectivity index (χ0) is 19.9. The number of nitrogens with zero attached hydrogens (tertiary/aromatic N) is 1. The van der Waals surface area contributed by atoms with E-state index in [1.165, 1.54) is 10.4 Å². The van der Waals surface area contributed by atoms with Gasteiger partial charge in [-0.3, -0.25) is 4.79 Å². The maximum atomic E-state index is 13.0. The minimum Gasteiger partial charge on any atom is -0.492 e. The van der Waals surface area contributed by atoms with Gasteiger partial charge in [-0.1, -0.05) is 13.8 Å². The molecule has 0 spiro atoms. The van der Waals surface area contributed by atoms with Crippen LogP contribution in [-0.2, 0) is 14.8 Å². The number of ether oxygens (including phenoxy) is 1. The number of hydrogen-bond acceptors (Lipinski definition) is 5. The number of benzene rings is 1. The van der Waals surface area contributed by atoms with Gasteiger partial charge >= 0.3 is 0 Å². The van der Waals surface area contributed by atoms with Crippen LogP contribution < -0.4 is 10.1 Å². The highest BCUT2D eigenvalue weighted by molar-refractivity contribution is 7.99. The predicted molar refractivity (Wildman–Crippen MR) is 111 cm³/mol. The third-order valence-electron chi connectivity index (χ3n) is 4.28. The summed E-state index contributed by atoms with van der Waals surface area (Å²) in [6.45, 7) is 7.55. The van der Waals surface area contributed by atoms with Gasteiger partial charge in [0, 0.05) is 18.8 Å². The Balaban J connectivity index is 2.11. The van der Waals surface area contributed by atoms with Crippen LogP contribution in [0.15, 0.2) is 23.1 Å². The first-order valence-corrected chi connectivity index (χ1v) is 12.1. The zero-order valence-electron chi connectivity index (χ0n) is 16.4. The fourth-order valence-electron chi connectivity index (χ4n) is 2.81. The molecule has 6 nitrogen and oxygen atoms in total. The molecule has 0 aromatic heterocycles. The van der Waals surface area contributed by atoms with Crippen LogP contribution in [0.4, 0.5) is 5.69 Å². The average molecular weight is 415 g/mol. The van der Waals surface area contributed by atoms with Crippen LogP contribution in [0.2, 0.25) is 0 Å². The summed E-state index contributed by atoms with van der Waals surface area (Å²) < 4.78 is 33.0. The molecule has 1 amide bonds. The van der Waals surface area contributed by atoms with Crippen molar-refractivity contribution in [2.45, 2.75) is 44.9 Å². The molecule has 8 heteroatoms. The van der Waals surface area contributed by atoms with Crippen molar-refractivity contribution in [1.29, 1.82) is 0 Å². The average Bonchev–Trinajstić information content (AvgIpc) is 3.15. The Morgan fingerprint density at radius 2 is 2.00 bits per heavy atom. The monoisotopic (exact) mass is 414 g/mol. The van der Waals surface area contributed by atoms with E-state index in [0.29, 0.717) is 42.8 Å². The van der Waals surface area contributed by atoms with E-state index in [-0.39, 0.29) is 10.8 Å². The van der Waals surface area contributed by atoms with Gasteiger partial charge in [0.25, 0.3) is 0 Å². The molecule has 1 N–H and O–H groups in total. The van der Waals surface area contributed by atoms with Crippen LogP contribution in [0.1, 0.15) is 40.0 Å². The Morgan fingerprint density at radius 3 is 2.63 bits per heavy atom. The molecule has 0 aliphatic carbocycles. The molecular formula is C19H30N2O4S2. The molecule has 0 unspecified atom stereocenters. The lowest BCUT2D eigenvalue weighted by molar-refractivity contribution is -0.113. The molecule has 1 heterocycles. The van der Waals surface area contributed by atoms with Crippen molar-refractivity contribution in [3.05, 3.63) is 18.2 Å². The number of nitrogens with one attached hydrogen (secondary N) is 1. The molecule has 0 atom stereocenters. The summed E-state index contributed by atoms with van der Waals surface area (Å²) in [5.74, 6) is 2.10. The fourth-order valence-corrected chi connectivity index (χ4v) is 5.52. The Kier molecular flexibility index (Phi) is 8.44. The van der Waals surface area contributed by atoms with E-state index in [2.05, 4.69) is 19.2 Å². The molecule has 1 aliphatic rings. The van der Waals surface area contributed by atoms with Crippen LogP contribution in [0.5, 0.6) is 5.75 Å². The highest BCUT2D eigenvalue weighted by Crippen LogP contribution is 2.31. The molecule has 0 bridgehead atoms. The largest absolute Gasteiger partial charge is 0.492 e. The van der Waals surface area contributed by atoms with E-state index < -0.39 is 10.0 Å². The maximum Gasteiger partial charge on any atom is 0.246 e. The summed E-state index contributed by atoms with van der Waals surface area (Å²) in [6, 6.07) is 4.81. The molecule has 27 heavy (non-hydrogen) atoms. The smallest absolute Gasteiger partial charge is 0.246 e. The van der Waals surface area contributed by atoms with Crippen molar-refractivity contribution in [2.24, 2.45) is 5.92 Å². The Bertz CT molecular complexity index is 729. The molecule has 1 saturated heterocycles. The number of rotatable bonds is 10. The van der Waals surface area contributed by atoms with Gasteiger partial charge in [0.2, 0.25) is 15.9 Å². The predicted octanol–water partition coefficient (Wildman–Crippen LogP) is 3.59. The van der Waals surface area contributed by atoms with Crippen LogP contribution in [-0.4, -0.2) is 49.8 Å². The lowest BCUT2D eigenvalue weighted by Gasteiger charge is -2.19. The number of carbonyl (C=O) groups is 1. The summed E-state index contributed by atoms with van der Waals surface area (Å²) in [4.78, 5) is 12.3. The number of thioether (sulfide) groups is 1. The van der Waals surface area contributed by atoms with Crippen molar-refractivity contribution < 1.29 is 17.9 Å². The van der Waals surface area contributed by atoms with Crippen molar-refractivity contribution in [2.75, 3.05) is 36.5 Å². The van der Waals surface area contributed by atoms with Gasteiger partial charge in [-0.15, -0.1) is 0 Å². The van der Waals surface area contributed by atoms with Gasteiger partial charge in [-0.2, -0.15) is 16.1 Å².